The summed E-state index contributed by atoms with van der Waals surface area (Å²) in [5, 5.41) is 9.75. The van der Waals surface area contributed by atoms with Gasteiger partial charge in [-0.15, -0.1) is 0 Å². The van der Waals surface area contributed by atoms with Crippen molar-refractivity contribution in [2.24, 2.45) is 0 Å². The molecule has 0 aliphatic carbocycles. The van der Waals surface area contributed by atoms with Gasteiger partial charge in [-0.1, -0.05) is 13.0 Å². The van der Waals surface area contributed by atoms with Gasteiger partial charge in [0.15, 0.2) is 0 Å². The van der Waals surface area contributed by atoms with E-state index in [0.717, 1.165) is 24.2 Å². The highest BCUT2D eigenvalue weighted by atomic mass is 16.5. The van der Waals surface area contributed by atoms with E-state index in [4.69, 9.17) is 4.74 Å². The average Bonchev–Trinajstić information content (AvgIpc) is 2.49. The Bertz CT molecular complexity index is 369. The van der Waals surface area contributed by atoms with Gasteiger partial charge in [-0.05, 0) is 43.5 Å². The summed E-state index contributed by atoms with van der Waals surface area (Å²) in [6.45, 7) is 6.16. The minimum Gasteiger partial charge on any atom is -0.487 e. The topological polar surface area (TPSA) is 29.5 Å². The second-order valence-electron chi connectivity index (χ2n) is 4.83. The van der Waals surface area contributed by atoms with Crippen LogP contribution in [0.15, 0.2) is 18.2 Å². The normalized spacial score (nSPS) is 19.5. The fourth-order valence-electron chi connectivity index (χ4n) is 2.07. The second kappa shape index (κ2) is 3.53. The van der Waals surface area contributed by atoms with Crippen molar-refractivity contribution in [2.45, 2.75) is 45.3 Å². The standard InChI is InChI=1S/C13H18O2/c1-4-11(14)9-5-6-12-10(7-9)8-13(2,3)15-12/h5-7,11,14H,4,8H2,1-3H3/t11-/m1/s1. The van der Waals surface area contributed by atoms with Gasteiger partial charge in [-0.3, -0.25) is 0 Å². The highest BCUT2D eigenvalue weighted by Crippen LogP contribution is 2.36. The molecular formula is C13H18O2. The number of aliphatic hydroxyl groups is 1. The zero-order valence-electron chi connectivity index (χ0n) is 9.58. The van der Waals surface area contributed by atoms with Crippen LogP contribution in [0.1, 0.15) is 44.4 Å². The third-order valence-corrected chi connectivity index (χ3v) is 2.86. The molecule has 0 spiro atoms. The van der Waals surface area contributed by atoms with Gasteiger partial charge in [0.05, 0.1) is 6.10 Å². The lowest BCUT2D eigenvalue weighted by molar-refractivity contribution is 0.138. The Labute approximate surface area is 90.9 Å². The zero-order valence-corrected chi connectivity index (χ0v) is 9.58. The van der Waals surface area contributed by atoms with Crippen molar-refractivity contribution in [1.82, 2.24) is 0 Å². The van der Waals surface area contributed by atoms with Crippen molar-refractivity contribution >= 4 is 0 Å². The van der Waals surface area contributed by atoms with Crippen LogP contribution in [0, 0.1) is 0 Å². The number of hydrogen-bond donors (Lipinski definition) is 1. The van der Waals surface area contributed by atoms with Crippen LogP contribution in [0.4, 0.5) is 0 Å². The second-order valence-corrected chi connectivity index (χ2v) is 4.83. The number of rotatable bonds is 2. The Morgan fingerprint density at radius 3 is 2.87 bits per heavy atom. The Kier molecular flexibility index (Phi) is 2.47. The van der Waals surface area contributed by atoms with Crippen molar-refractivity contribution < 1.29 is 9.84 Å². The number of aliphatic hydroxyl groups excluding tert-OH is 1. The smallest absolute Gasteiger partial charge is 0.123 e. The number of fused-ring (bicyclic) bond motifs is 1. The van der Waals surface area contributed by atoms with Crippen molar-refractivity contribution in [2.75, 3.05) is 0 Å². The Hall–Kier alpha value is -1.02. The quantitative estimate of drug-likeness (QED) is 0.806. The maximum absolute atomic E-state index is 9.75. The molecule has 2 heteroatoms. The van der Waals surface area contributed by atoms with Gasteiger partial charge < -0.3 is 9.84 Å². The Morgan fingerprint density at radius 1 is 1.47 bits per heavy atom. The summed E-state index contributed by atoms with van der Waals surface area (Å²) in [6.07, 6.45) is 1.33. The van der Waals surface area contributed by atoms with Gasteiger partial charge in [-0.2, -0.15) is 0 Å². The largest absolute Gasteiger partial charge is 0.487 e. The first kappa shape index (κ1) is 10.5. The van der Waals surface area contributed by atoms with Crippen LogP contribution in [0.5, 0.6) is 5.75 Å². The van der Waals surface area contributed by atoms with Crippen LogP contribution in [0.25, 0.3) is 0 Å². The van der Waals surface area contributed by atoms with E-state index < -0.39 is 0 Å². The van der Waals surface area contributed by atoms with E-state index in [1.807, 2.05) is 19.1 Å². The lowest BCUT2D eigenvalue weighted by atomic mass is 9.98. The van der Waals surface area contributed by atoms with E-state index in [1.165, 1.54) is 5.56 Å². The first-order valence-corrected chi connectivity index (χ1v) is 5.52. The third kappa shape index (κ3) is 2.00. The first-order valence-electron chi connectivity index (χ1n) is 5.52. The summed E-state index contributed by atoms with van der Waals surface area (Å²) in [5.74, 6) is 0.965. The van der Waals surface area contributed by atoms with Gasteiger partial charge in [0.2, 0.25) is 0 Å². The monoisotopic (exact) mass is 206 g/mol. The van der Waals surface area contributed by atoms with Crippen LogP contribution in [0.3, 0.4) is 0 Å². The number of ether oxygens (including phenoxy) is 1. The van der Waals surface area contributed by atoms with E-state index in [9.17, 15) is 5.11 Å². The van der Waals surface area contributed by atoms with Gasteiger partial charge in [0.1, 0.15) is 11.4 Å². The molecule has 0 bridgehead atoms. The summed E-state index contributed by atoms with van der Waals surface area (Å²) in [7, 11) is 0. The predicted octanol–water partition coefficient (Wildman–Crippen LogP) is 2.84. The van der Waals surface area contributed by atoms with Gasteiger partial charge in [0, 0.05) is 6.42 Å². The Morgan fingerprint density at radius 2 is 2.20 bits per heavy atom. The number of hydrogen-bond acceptors (Lipinski definition) is 2. The molecule has 1 aliphatic heterocycles. The summed E-state index contributed by atoms with van der Waals surface area (Å²) >= 11 is 0. The van der Waals surface area contributed by atoms with E-state index in [1.54, 1.807) is 0 Å². The van der Waals surface area contributed by atoms with Crippen molar-refractivity contribution in [1.29, 1.82) is 0 Å². The van der Waals surface area contributed by atoms with Crippen molar-refractivity contribution in [3.63, 3.8) is 0 Å². The van der Waals surface area contributed by atoms with Gasteiger partial charge in [-0.25, -0.2) is 0 Å². The highest BCUT2D eigenvalue weighted by molar-refractivity contribution is 5.42. The van der Waals surface area contributed by atoms with Crippen molar-refractivity contribution in [3.05, 3.63) is 29.3 Å². The van der Waals surface area contributed by atoms with Crippen LogP contribution in [0.2, 0.25) is 0 Å². The average molecular weight is 206 g/mol. The molecule has 1 aromatic carbocycles. The molecule has 2 nitrogen and oxygen atoms in total. The lowest BCUT2D eigenvalue weighted by Gasteiger charge is -2.16. The van der Waals surface area contributed by atoms with E-state index in [-0.39, 0.29) is 11.7 Å². The van der Waals surface area contributed by atoms with Crippen LogP contribution in [-0.4, -0.2) is 10.7 Å². The molecule has 1 aliphatic rings. The summed E-state index contributed by atoms with van der Waals surface area (Å²) in [4.78, 5) is 0. The molecule has 2 rings (SSSR count). The molecule has 0 saturated carbocycles. The SMILES string of the molecule is CC[C@@H](O)c1ccc2c(c1)CC(C)(C)O2. The van der Waals surface area contributed by atoms with Crippen LogP contribution >= 0.6 is 0 Å². The van der Waals surface area contributed by atoms with Gasteiger partial charge in [0.25, 0.3) is 0 Å². The molecule has 82 valence electrons. The van der Waals surface area contributed by atoms with Gasteiger partial charge >= 0.3 is 0 Å². The fourth-order valence-corrected chi connectivity index (χ4v) is 2.07. The molecule has 0 aromatic heterocycles. The molecular weight excluding hydrogens is 188 g/mol. The molecule has 1 atom stereocenters. The van der Waals surface area contributed by atoms with Crippen LogP contribution in [-0.2, 0) is 6.42 Å². The Balaban J connectivity index is 2.30. The summed E-state index contributed by atoms with van der Waals surface area (Å²) in [6, 6.07) is 5.99. The molecule has 0 fully saturated rings. The number of benzene rings is 1. The van der Waals surface area contributed by atoms with Crippen LogP contribution < -0.4 is 4.74 Å². The summed E-state index contributed by atoms with van der Waals surface area (Å²) < 4.78 is 5.78. The minimum atomic E-state index is -0.348. The zero-order chi connectivity index (χ0) is 11.1. The van der Waals surface area contributed by atoms with Crippen molar-refractivity contribution in [3.8, 4) is 5.75 Å². The maximum atomic E-state index is 9.75. The van der Waals surface area contributed by atoms with E-state index >= 15 is 0 Å². The minimum absolute atomic E-state index is 0.0991. The predicted molar refractivity (Wildman–Crippen MR) is 60.1 cm³/mol. The highest BCUT2D eigenvalue weighted by Gasteiger charge is 2.30. The molecule has 1 aromatic rings. The molecule has 15 heavy (non-hydrogen) atoms. The maximum Gasteiger partial charge on any atom is 0.123 e. The molecule has 0 saturated heterocycles. The lowest BCUT2D eigenvalue weighted by Crippen LogP contribution is -2.24. The van der Waals surface area contributed by atoms with E-state index in [2.05, 4.69) is 19.9 Å². The summed E-state index contributed by atoms with van der Waals surface area (Å²) in [5.41, 5.74) is 2.11. The molecule has 0 amide bonds. The molecule has 0 radical (unpaired) electrons. The fraction of sp³-hybridized carbons (Fsp3) is 0.538. The molecule has 1 heterocycles. The molecule has 1 N–H and O–H groups in total. The molecule has 0 unspecified atom stereocenters. The third-order valence-electron chi connectivity index (χ3n) is 2.86. The first-order chi connectivity index (χ1) is 7.02. The van der Waals surface area contributed by atoms with E-state index in [0.29, 0.717) is 0 Å².